The first-order valence-corrected chi connectivity index (χ1v) is 7.01. The van der Waals surface area contributed by atoms with Crippen molar-refractivity contribution in [1.82, 2.24) is 10.9 Å². The van der Waals surface area contributed by atoms with Crippen LogP contribution in [0.25, 0.3) is 0 Å². The van der Waals surface area contributed by atoms with Gasteiger partial charge in [0, 0.05) is 0 Å². The predicted molar refractivity (Wildman–Crippen MR) is 71.3 cm³/mol. The molecular formula is C12H18N2O3S. The van der Waals surface area contributed by atoms with Gasteiger partial charge in [-0.15, -0.1) is 0 Å². The van der Waals surface area contributed by atoms with Crippen molar-refractivity contribution in [1.29, 1.82) is 0 Å². The number of thioether (sulfide) groups is 1. The fourth-order valence-electron chi connectivity index (χ4n) is 1.26. The highest BCUT2D eigenvalue weighted by atomic mass is 32.2. The number of hydrazine groups is 1. The molecular weight excluding hydrogens is 252 g/mol. The van der Waals surface area contributed by atoms with E-state index in [1.165, 1.54) is 6.26 Å². The van der Waals surface area contributed by atoms with Gasteiger partial charge in [-0.3, -0.25) is 20.4 Å². The summed E-state index contributed by atoms with van der Waals surface area (Å²) in [5, 5.41) is 0. The maximum absolute atomic E-state index is 11.6. The van der Waals surface area contributed by atoms with Crippen LogP contribution >= 0.6 is 11.8 Å². The second kappa shape index (κ2) is 7.81. The van der Waals surface area contributed by atoms with Gasteiger partial charge in [-0.05, 0) is 25.2 Å². The van der Waals surface area contributed by atoms with Crippen molar-refractivity contribution in [2.45, 2.75) is 26.7 Å². The molecule has 0 saturated carbocycles. The van der Waals surface area contributed by atoms with E-state index in [1.807, 2.05) is 0 Å². The maximum atomic E-state index is 11.6. The third-order valence-corrected chi connectivity index (χ3v) is 3.34. The molecule has 2 amide bonds. The van der Waals surface area contributed by atoms with Crippen LogP contribution in [0.5, 0.6) is 0 Å². The summed E-state index contributed by atoms with van der Waals surface area (Å²) in [7, 11) is 0. The van der Waals surface area contributed by atoms with Crippen LogP contribution in [0.4, 0.5) is 0 Å². The molecule has 0 aliphatic heterocycles. The Morgan fingerprint density at radius 3 is 2.78 bits per heavy atom. The minimum atomic E-state index is -0.367. The molecule has 0 aliphatic rings. The van der Waals surface area contributed by atoms with Crippen LogP contribution in [-0.2, 0) is 4.79 Å². The van der Waals surface area contributed by atoms with Gasteiger partial charge in [0.05, 0.1) is 17.6 Å². The fraction of sp³-hybridized carbons (Fsp3) is 0.500. The van der Waals surface area contributed by atoms with E-state index in [0.717, 1.165) is 18.6 Å². The van der Waals surface area contributed by atoms with Gasteiger partial charge in [0.15, 0.2) is 0 Å². The van der Waals surface area contributed by atoms with Crippen molar-refractivity contribution < 1.29 is 14.0 Å². The van der Waals surface area contributed by atoms with Crippen LogP contribution in [0.2, 0.25) is 0 Å². The largest absolute Gasteiger partial charge is 0.469 e. The number of hydrogen-bond donors (Lipinski definition) is 2. The topological polar surface area (TPSA) is 71.3 Å². The van der Waals surface area contributed by atoms with Crippen LogP contribution < -0.4 is 10.9 Å². The Labute approximate surface area is 111 Å². The molecule has 6 heteroatoms. The second-order valence-electron chi connectivity index (χ2n) is 3.80. The molecule has 0 bridgehead atoms. The van der Waals surface area contributed by atoms with E-state index in [2.05, 4.69) is 17.8 Å². The normalized spacial score (nSPS) is 10.1. The molecule has 0 radical (unpaired) electrons. The zero-order valence-electron chi connectivity index (χ0n) is 10.6. The minimum absolute atomic E-state index is 0.203. The summed E-state index contributed by atoms with van der Waals surface area (Å²) < 4.78 is 5.01. The fourth-order valence-corrected chi connectivity index (χ4v) is 2.16. The SMILES string of the molecule is CCCCSCC(=O)NNC(=O)c1ccoc1C. The van der Waals surface area contributed by atoms with Crippen LogP contribution in [0.1, 0.15) is 35.9 Å². The van der Waals surface area contributed by atoms with Gasteiger partial charge in [-0.1, -0.05) is 13.3 Å². The summed E-state index contributed by atoms with van der Waals surface area (Å²) in [6, 6.07) is 1.56. The molecule has 0 atom stereocenters. The molecule has 1 aromatic rings. The average Bonchev–Trinajstić information content (AvgIpc) is 2.78. The van der Waals surface area contributed by atoms with Crippen molar-refractivity contribution in [3.05, 3.63) is 23.7 Å². The number of amides is 2. The van der Waals surface area contributed by atoms with Crippen molar-refractivity contribution in [2.24, 2.45) is 0 Å². The van der Waals surface area contributed by atoms with Crippen molar-refractivity contribution in [2.75, 3.05) is 11.5 Å². The number of unbranched alkanes of at least 4 members (excludes halogenated alkanes) is 1. The lowest BCUT2D eigenvalue weighted by Crippen LogP contribution is -2.42. The van der Waals surface area contributed by atoms with Crippen LogP contribution in [0, 0.1) is 6.92 Å². The summed E-state index contributed by atoms with van der Waals surface area (Å²) in [6.45, 7) is 3.80. The first-order chi connectivity index (χ1) is 8.65. The van der Waals surface area contributed by atoms with Gasteiger partial charge in [-0.2, -0.15) is 11.8 Å². The third kappa shape index (κ3) is 4.83. The average molecular weight is 270 g/mol. The zero-order chi connectivity index (χ0) is 13.4. The van der Waals surface area contributed by atoms with E-state index in [9.17, 15) is 9.59 Å². The Morgan fingerprint density at radius 1 is 1.39 bits per heavy atom. The van der Waals surface area contributed by atoms with E-state index in [0.29, 0.717) is 17.1 Å². The minimum Gasteiger partial charge on any atom is -0.469 e. The molecule has 1 heterocycles. The number of carbonyl (C=O) groups excluding carboxylic acids is 2. The Hall–Kier alpha value is -1.43. The highest BCUT2D eigenvalue weighted by Crippen LogP contribution is 2.07. The number of furan rings is 1. The van der Waals surface area contributed by atoms with Crippen LogP contribution in [0.15, 0.2) is 16.7 Å². The summed E-state index contributed by atoms with van der Waals surface area (Å²) in [5.74, 6) is 1.27. The first-order valence-electron chi connectivity index (χ1n) is 5.86. The van der Waals surface area contributed by atoms with E-state index >= 15 is 0 Å². The van der Waals surface area contributed by atoms with Crippen LogP contribution in [0.3, 0.4) is 0 Å². The van der Waals surface area contributed by atoms with E-state index in [1.54, 1.807) is 24.8 Å². The number of aryl methyl sites for hydroxylation is 1. The first kappa shape index (κ1) is 14.6. The van der Waals surface area contributed by atoms with E-state index in [4.69, 9.17) is 4.42 Å². The molecule has 1 aromatic heterocycles. The molecule has 0 aromatic carbocycles. The lowest BCUT2D eigenvalue weighted by Gasteiger charge is -2.06. The van der Waals surface area contributed by atoms with Crippen molar-refractivity contribution in [3.63, 3.8) is 0 Å². The lowest BCUT2D eigenvalue weighted by molar-refractivity contribution is -0.119. The molecule has 0 aliphatic carbocycles. The summed E-state index contributed by atoms with van der Waals surface area (Å²) >= 11 is 1.56. The molecule has 18 heavy (non-hydrogen) atoms. The van der Waals surface area contributed by atoms with Crippen molar-refractivity contribution in [3.8, 4) is 0 Å². The highest BCUT2D eigenvalue weighted by Gasteiger charge is 2.11. The molecule has 0 spiro atoms. The molecule has 100 valence electrons. The Balaban J connectivity index is 2.22. The smallest absolute Gasteiger partial charge is 0.273 e. The quantitative estimate of drug-likeness (QED) is 0.611. The predicted octanol–water partition coefficient (Wildman–Crippen LogP) is 1.88. The number of rotatable bonds is 6. The summed E-state index contributed by atoms with van der Waals surface area (Å²) in [4.78, 5) is 23.0. The summed E-state index contributed by atoms with van der Waals surface area (Å²) in [5.41, 5.74) is 5.15. The lowest BCUT2D eigenvalue weighted by atomic mass is 10.2. The van der Waals surface area contributed by atoms with Gasteiger partial charge >= 0.3 is 0 Å². The standard InChI is InChI=1S/C12H18N2O3S/c1-3-4-7-18-8-11(15)13-14-12(16)10-5-6-17-9(10)2/h5-6H,3-4,7-8H2,1-2H3,(H,13,15)(H,14,16). The van der Waals surface area contributed by atoms with E-state index < -0.39 is 0 Å². The molecule has 5 nitrogen and oxygen atoms in total. The number of nitrogens with one attached hydrogen (secondary N) is 2. The molecule has 0 saturated heterocycles. The van der Waals surface area contributed by atoms with Crippen LogP contribution in [-0.4, -0.2) is 23.3 Å². The number of carbonyl (C=O) groups is 2. The molecule has 0 unspecified atom stereocenters. The van der Waals surface area contributed by atoms with Gasteiger partial charge in [0.2, 0.25) is 5.91 Å². The van der Waals surface area contributed by atoms with Crippen molar-refractivity contribution >= 4 is 23.6 Å². The molecule has 2 N–H and O–H groups in total. The Bertz CT molecular complexity index is 404. The van der Waals surface area contributed by atoms with E-state index in [-0.39, 0.29) is 11.8 Å². The van der Waals surface area contributed by atoms with Gasteiger partial charge < -0.3 is 4.42 Å². The monoisotopic (exact) mass is 270 g/mol. The van der Waals surface area contributed by atoms with Gasteiger partial charge in [0.25, 0.3) is 5.91 Å². The summed E-state index contributed by atoms with van der Waals surface area (Å²) in [6.07, 6.45) is 3.65. The molecule has 1 rings (SSSR count). The molecule has 0 fully saturated rings. The Morgan fingerprint density at radius 2 is 2.17 bits per heavy atom. The maximum Gasteiger partial charge on any atom is 0.273 e. The second-order valence-corrected chi connectivity index (χ2v) is 4.90. The number of hydrogen-bond acceptors (Lipinski definition) is 4. The third-order valence-electron chi connectivity index (χ3n) is 2.29. The van der Waals surface area contributed by atoms with Gasteiger partial charge in [-0.25, -0.2) is 0 Å². The van der Waals surface area contributed by atoms with Gasteiger partial charge in [0.1, 0.15) is 5.76 Å². The Kier molecular flexibility index (Phi) is 6.35. The zero-order valence-corrected chi connectivity index (χ0v) is 11.4. The highest BCUT2D eigenvalue weighted by molar-refractivity contribution is 7.99.